The minimum Gasteiger partial charge on any atom is -0.492 e. The molecule has 0 fully saturated rings. The number of esters is 1. The zero-order valence-corrected chi connectivity index (χ0v) is 14.8. The summed E-state index contributed by atoms with van der Waals surface area (Å²) in [6, 6.07) is 1.80. The van der Waals surface area contributed by atoms with Gasteiger partial charge in [-0.05, 0) is 32.0 Å². The quantitative estimate of drug-likeness (QED) is 0.573. The summed E-state index contributed by atoms with van der Waals surface area (Å²) < 4.78 is 21.5. The molecule has 0 saturated carbocycles. The van der Waals surface area contributed by atoms with Crippen molar-refractivity contribution in [3.63, 3.8) is 0 Å². The maximum atomic E-state index is 12.4. The highest BCUT2D eigenvalue weighted by Gasteiger charge is 2.35. The first-order chi connectivity index (χ1) is 12.0. The second-order valence-electron chi connectivity index (χ2n) is 6.19. The van der Waals surface area contributed by atoms with Crippen LogP contribution in [0.3, 0.4) is 0 Å². The third-order valence-electron chi connectivity index (χ3n) is 4.61. The van der Waals surface area contributed by atoms with Crippen molar-refractivity contribution in [1.29, 1.82) is 0 Å². The predicted molar refractivity (Wildman–Crippen MR) is 89.1 cm³/mol. The van der Waals surface area contributed by atoms with E-state index in [1.54, 1.807) is 14.0 Å². The number of carbonyl (C=O) groups excluding carboxylic acids is 2. The van der Waals surface area contributed by atoms with Gasteiger partial charge in [0.15, 0.2) is 11.5 Å². The molecule has 0 spiro atoms. The van der Waals surface area contributed by atoms with Crippen molar-refractivity contribution in [3.05, 3.63) is 17.2 Å². The van der Waals surface area contributed by atoms with Gasteiger partial charge in [-0.2, -0.15) is 0 Å². The maximum Gasteiger partial charge on any atom is 0.313 e. The van der Waals surface area contributed by atoms with Crippen LogP contribution >= 0.6 is 0 Å². The topological polar surface area (TPSA) is 74.3 Å². The van der Waals surface area contributed by atoms with Gasteiger partial charge in [0, 0.05) is 24.6 Å². The Labute approximate surface area is 146 Å². The second-order valence-corrected chi connectivity index (χ2v) is 6.19. The van der Waals surface area contributed by atoms with Crippen molar-refractivity contribution >= 4 is 11.8 Å². The number of nitrogens with zero attached hydrogens (tertiary/aromatic N) is 1. The average Bonchev–Trinajstić information content (AvgIpc) is 3.03. The first-order valence-corrected chi connectivity index (χ1v) is 8.42. The van der Waals surface area contributed by atoms with Crippen molar-refractivity contribution in [2.75, 3.05) is 34.1 Å². The lowest BCUT2D eigenvalue weighted by molar-refractivity contribution is -0.145. The molecule has 25 heavy (non-hydrogen) atoms. The standard InChI is InChI=1S/C18H23NO6/c1-4-23-15(21)9-12(20)8-13-16-11(5-6-19(13)2)7-14-17(18(16)22-3)25-10-24-14/h7,13H,4-6,8-10H2,1-3H3/t13-/m1/s1. The number of likely N-dealkylation sites (N-methyl/N-ethyl adjacent to an activating group) is 1. The largest absolute Gasteiger partial charge is 0.492 e. The maximum absolute atomic E-state index is 12.4. The molecule has 2 aliphatic rings. The zero-order chi connectivity index (χ0) is 18.0. The van der Waals surface area contributed by atoms with Crippen molar-refractivity contribution in [2.24, 2.45) is 0 Å². The summed E-state index contributed by atoms with van der Waals surface area (Å²) in [6.07, 6.45) is 0.847. The van der Waals surface area contributed by atoms with Gasteiger partial charge in [-0.3, -0.25) is 14.5 Å². The Morgan fingerprint density at radius 1 is 1.36 bits per heavy atom. The Hall–Kier alpha value is -2.28. The van der Waals surface area contributed by atoms with E-state index in [1.807, 2.05) is 13.1 Å². The van der Waals surface area contributed by atoms with Crippen LogP contribution in [0.25, 0.3) is 0 Å². The van der Waals surface area contributed by atoms with Crippen LogP contribution < -0.4 is 14.2 Å². The third kappa shape index (κ3) is 3.42. The number of methoxy groups -OCH3 is 1. The van der Waals surface area contributed by atoms with Crippen LogP contribution in [0.1, 0.15) is 36.9 Å². The Bertz CT molecular complexity index is 687. The number of benzene rings is 1. The highest BCUT2D eigenvalue weighted by Crippen LogP contribution is 2.50. The molecule has 0 saturated heterocycles. The molecule has 1 aromatic rings. The van der Waals surface area contributed by atoms with E-state index in [0.717, 1.165) is 24.1 Å². The van der Waals surface area contributed by atoms with Gasteiger partial charge in [0.05, 0.1) is 13.7 Å². The Kier molecular flexibility index (Phi) is 5.13. The lowest BCUT2D eigenvalue weighted by Crippen LogP contribution is -2.34. The predicted octanol–water partition coefficient (Wildman–Crippen LogP) is 1.87. The number of hydrogen-bond acceptors (Lipinski definition) is 7. The fourth-order valence-corrected chi connectivity index (χ4v) is 3.44. The van der Waals surface area contributed by atoms with Gasteiger partial charge < -0.3 is 18.9 Å². The van der Waals surface area contributed by atoms with Crippen LogP contribution in [-0.2, 0) is 20.7 Å². The number of carbonyl (C=O) groups is 2. The van der Waals surface area contributed by atoms with Crippen LogP contribution in [0.15, 0.2) is 6.07 Å². The number of hydrogen-bond donors (Lipinski definition) is 0. The fourth-order valence-electron chi connectivity index (χ4n) is 3.44. The summed E-state index contributed by atoms with van der Waals surface area (Å²) in [5.74, 6) is 1.24. The molecule has 0 aliphatic carbocycles. The molecular formula is C18H23NO6. The molecule has 0 N–H and O–H groups in total. The van der Waals surface area contributed by atoms with Gasteiger partial charge in [-0.15, -0.1) is 0 Å². The summed E-state index contributed by atoms with van der Waals surface area (Å²) in [5.41, 5.74) is 2.03. The van der Waals surface area contributed by atoms with Gasteiger partial charge in [-0.1, -0.05) is 0 Å². The number of ether oxygens (including phenoxy) is 4. The molecule has 0 unspecified atom stereocenters. The molecule has 2 aliphatic heterocycles. The van der Waals surface area contributed by atoms with Crippen molar-refractivity contribution in [3.8, 4) is 17.2 Å². The van der Waals surface area contributed by atoms with E-state index in [2.05, 4.69) is 4.90 Å². The van der Waals surface area contributed by atoms with E-state index in [9.17, 15) is 9.59 Å². The number of fused-ring (bicyclic) bond motifs is 2. The molecule has 1 aromatic carbocycles. The first-order valence-electron chi connectivity index (χ1n) is 8.42. The molecule has 0 amide bonds. The summed E-state index contributed by atoms with van der Waals surface area (Å²) in [7, 11) is 3.55. The molecule has 7 heteroatoms. The van der Waals surface area contributed by atoms with Gasteiger partial charge >= 0.3 is 5.97 Å². The van der Waals surface area contributed by atoms with Crippen molar-refractivity contribution in [1.82, 2.24) is 4.90 Å². The van der Waals surface area contributed by atoms with Crippen molar-refractivity contribution < 1.29 is 28.5 Å². The Morgan fingerprint density at radius 2 is 2.16 bits per heavy atom. The molecule has 0 aromatic heterocycles. The average molecular weight is 349 g/mol. The van der Waals surface area contributed by atoms with Crippen LogP contribution in [0.4, 0.5) is 0 Å². The van der Waals surface area contributed by atoms with Crippen molar-refractivity contribution in [2.45, 2.75) is 32.2 Å². The monoisotopic (exact) mass is 349 g/mol. The molecule has 0 bridgehead atoms. The van der Waals surface area contributed by atoms with Gasteiger partial charge in [-0.25, -0.2) is 0 Å². The van der Waals surface area contributed by atoms with E-state index in [0.29, 0.717) is 17.2 Å². The number of Topliss-reactive ketones (excluding diaryl/α,β-unsaturated/α-hetero) is 1. The van der Waals surface area contributed by atoms with E-state index in [-0.39, 0.29) is 38.1 Å². The van der Waals surface area contributed by atoms with E-state index >= 15 is 0 Å². The molecule has 3 rings (SSSR count). The Morgan fingerprint density at radius 3 is 2.88 bits per heavy atom. The van der Waals surface area contributed by atoms with Gasteiger partial charge in [0.1, 0.15) is 12.2 Å². The van der Waals surface area contributed by atoms with Gasteiger partial charge in [0.25, 0.3) is 0 Å². The molecule has 0 radical (unpaired) electrons. The normalized spacial score (nSPS) is 18.6. The van der Waals surface area contributed by atoms with Crippen LogP contribution in [-0.4, -0.2) is 50.8 Å². The summed E-state index contributed by atoms with van der Waals surface area (Å²) in [4.78, 5) is 26.0. The zero-order valence-electron chi connectivity index (χ0n) is 14.8. The lowest BCUT2D eigenvalue weighted by atomic mass is 9.88. The van der Waals surface area contributed by atoms with E-state index in [1.165, 1.54) is 0 Å². The number of ketones is 1. The van der Waals surface area contributed by atoms with Crippen LogP contribution in [0.5, 0.6) is 17.2 Å². The van der Waals surface area contributed by atoms with E-state index in [4.69, 9.17) is 18.9 Å². The Balaban J connectivity index is 1.89. The first kappa shape index (κ1) is 17.5. The molecule has 1 atom stereocenters. The summed E-state index contributed by atoms with van der Waals surface area (Å²) in [6.45, 7) is 2.97. The molecule has 2 heterocycles. The van der Waals surface area contributed by atoms with Gasteiger partial charge in [0.2, 0.25) is 12.5 Å². The highest BCUT2D eigenvalue weighted by molar-refractivity contribution is 5.96. The molecule has 7 nitrogen and oxygen atoms in total. The second kappa shape index (κ2) is 7.31. The third-order valence-corrected chi connectivity index (χ3v) is 4.61. The highest BCUT2D eigenvalue weighted by atomic mass is 16.7. The van der Waals surface area contributed by atoms with Crippen LogP contribution in [0.2, 0.25) is 0 Å². The molecular weight excluding hydrogens is 326 g/mol. The SMILES string of the molecule is CCOC(=O)CC(=O)C[C@@H]1c2c(cc3c(c2OC)OCO3)CCN1C. The van der Waals surface area contributed by atoms with E-state index < -0.39 is 5.97 Å². The summed E-state index contributed by atoms with van der Waals surface area (Å²) in [5, 5.41) is 0. The van der Waals surface area contributed by atoms with Crippen LogP contribution in [0, 0.1) is 0 Å². The molecule has 136 valence electrons. The fraction of sp³-hybridized carbons (Fsp3) is 0.556. The minimum absolute atomic E-state index is 0.150. The summed E-state index contributed by atoms with van der Waals surface area (Å²) >= 11 is 0. The number of rotatable bonds is 6. The lowest BCUT2D eigenvalue weighted by Gasteiger charge is -2.35. The minimum atomic E-state index is -0.483. The smallest absolute Gasteiger partial charge is 0.313 e.